The van der Waals surface area contributed by atoms with Gasteiger partial charge in [0.15, 0.2) is 5.96 Å². The molecule has 1 aromatic rings. The molecule has 10 heteroatoms. The van der Waals surface area contributed by atoms with Gasteiger partial charge in [-0.3, -0.25) is 4.99 Å². The van der Waals surface area contributed by atoms with Crippen LogP contribution in [-0.4, -0.2) is 45.7 Å². The summed E-state index contributed by atoms with van der Waals surface area (Å²) >= 11 is 0. The highest BCUT2D eigenvalue weighted by atomic mass is 32.2. The fourth-order valence-corrected chi connectivity index (χ4v) is 3.19. The molecule has 0 aliphatic carbocycles. The van der Waals surface area contributed by atoms with Gasteiger partial charge in [0, 0.05) is 26.2 Å². The molecule has 0 spiro atoms. The second-order valence-electron chi connectivity index (χ2n) is 7.98. The third kappa shape index (κ3) is 10.4. The van der Waals surface area contributed by atoms with Crippen molar-refractivity contribution < 1.29 is 17.9 Å². The van der Waals surface area contributed by atoms with Crippen LogP contribution < -0.4 is 21.1 Å². The highest BCUT2D eigenvalue weighted by Crippen LogP contribution is 2.10. The van der Waals surface area contributed by atoms with Crippen LogP contribution in [0.25, 0.3) is 0 Å². The van der Waals surface area contributed by atoms with E-state index in [0.29, 0.717) is 19.0 Å². The first kappa shape index (κ1) is 25.7. The summed E-state index contributed by atoms with van der Waals surface area (Å²) in [5.74, 6) is 0.545. The van der Waals surface area contributed by atoms with Gasteiger partial charge in [0.05, 0.1) is 4.90 Å². The lowest BCUT2D eigenvalue weighted by atomic mass is 10.1. The van der Waals surface area contributed by atoms with Gasteiger partial charge in [0.2, 0.25) is 10.0 Å². The van der Waals surface area contributed by atoms with Gasteiger partial charge in [-0.05, 0) is 44.9 Å². The number of carbonyl (C=O) groups excluding carboxylic acids is 1. The number of hydrogen-bond donors (Lipinski definition) is 4. The van der Waals surface area contributed by atoms with Gasteiger partial charge in [-0.1, -0.05) is 31.9 Å². The molecule has 30 heavy (non-hydrogen) atoms. The number of amides is 1. The van der Waals surface area contributed by atoms with Crippen molar-refractivity contribution in [2.24, 2.45) is 10.1 Å². The summed E-state index contributed by atoms with van der Waals surface area (Å²) in [6, 6.07) is 6.37. The van der Waals surface area contributed by atoms with E-state index < -0.39 is 21.7 Å². The Morgan fingerprint density at radius 1 is 1.27 bits per heavy atom. The first-order chi connectivity index (χ1) is 13.9. The maximum absolute atomic E-state index is 11.9. The van der Waals surface area contributed by atoms with E-state index in [2.05, 4.69) is 27.9 Å². The van der Waals surface area contributed by atoms with Crippen molar-refractivity contribution in [2.45, 2.75) is 70.0 Å². The normalized spacial score (nSPS) is 13.5. The third-order valence-corrected chi connectivity index (χ3v) is 4.96. The number of nitrogens with one attached hydrogen (secondary N) is 3. The SMILES string of the molecule is CCCCC(CNC(=O)OC(C)(C)C)NC(=NC)NCc1cccc(S(N)(=O)=O)c1. The van der Waals surface area contributed by atoms with Crippen molar-refractivity contribution >= 4 is 22.1 Å². The molecule has 1 aromatic carbocycles. The van der Waals surface area contributed by atoms with Crippen LogP contribution in [0.1, 0.15) is 52.5 Å². The van der Waals surface area contributed by atoms with Gasteiger partial charge >= 0.3 is 6.09 Å². The lowest BCUT2D eigenvalue weighted by Gasteiger charge is -2.24. The average molecular weight is 442 g/mol. The van der Waals surface area contributed by atoms with E-state index in [9.17, 15) is 13.2 Å². The zero-order valence-electron chi connectivity index (χ0n) is 18.5. The molecule has 9 nitrogen and oxygen atoms in total. The Morgan fingerprint density at radius 2 is 1.97 bits per heavy atom. The predicted molar refractivity (Wildman–Crippen MR) is 119 cm³/mol. The Kier molecular flexibility index (Phi) is 10.1. The number of sulfonamides is 1. The fourth-order valence-electron chi connectivity index (χ4n) is 2.60. The van der Waals surface area contributed by atoms with Gasteiger partial charge < -0.3 is 20.7 Å². The van der Waals surface area contributed by atoms with E-state index in [-0.39, 0.29) is 10.9 Å². The second-order valence-corrected chi connectivity index (χ2v) is 9.55. The molecular formula is C20H35N5O4S. The molecule has 1 amide bonds. The number of primary sulfonamides is 1. The van der Waals surface area contributed by atoms with Crippen molar-refractivity contribution in [3.05, 3.63) is 29.8 Å². The molecular weight excluding hydrogens is 406 g/mol. The summed E-state index contributed by atoms with van der Waals surface area (Å²) in [4.78, 5) is 16.2. The highest BCUT2D eigenvalue weighted by molar-refractivity contribution is 7.89. The summed E-state index contributed by atoms with van der Waals surface area (Å²) in [6.45, 7) is 8.30. The zero-order chi connectivity index (χ0) is 22.8. The lowest BCUT2D eigenvalue weighted by molar-refractivity contribution is 0.0522. The molecule has 0 radical (unpaired) electrons. The molecule has 1 unspecified atom stereocenters. The third-order valence-electron chi connectivity index (χ3n) is 4.05. The number of carbonyl (C=O) groups is 1. The summed E-state index contributed by atoms with van der Waals surface area (Å²) < 4.78 is 28.3. The molecule has 0 saturated heterocycles. The monoisotopic (exact) mass is 441 g/mol. The summed E-state index contributed by atoms with van der Waals surface area (Å²) in [7, 11) is -2.11. The maximum Gasteiger partial charge on any atom is 0.407 e. The Bertz CT molecular complexity index is 819. The molecule has 0 heterocycles. The Balaban J connectivity index is 2.69. The van der Waals surface area contributed by atoms with E-state index >= 15 is 0 Å². The smallest absolute Gasteiger partial charge is 0.407 e. The van der Waals surface area contributed by atoms with Gasteiger partial charge in [-0.2, -0.15) is 0 Å². The summed E-state index contributed by atoms with van der Waals surface area (Å²) in [5.41, 5.74) is 0.195. The molecule has 1 atom stereocenters. The number of hydrogen-bond acceptors (Lipinski definition) is 5. The average Bonchev–Trinajstić information content (AvgIpc) is 2.64. The van der Waals surface area contributed by atoms with Gasteiger partial charge in [0.1, 0.15) is 5.60 Å². The molecule has 0 aromatic heterocycles. The van der Waals surface area contributed by atoms with Crippen molar-refractivity contribution in [1.82, 2.24) is 16.0 Å². The van der Waals surface area contributed by atoms with Crippen molar-refractivity contribution in [1.29, 1.82) is 0 Å². The minimum Gasteiger partial charge on any atom is -0.444 e. The van der Waals surface area contributed by atoms with Crippen LogP contribution in [0.4, 0.5) is 4.79 Å². The van der Waals surface area contributed by atoms with Crippen LogP contribution in [0.15, 0.2) is 34.2 Å². The van der Waals surface area contributed by atoms with Gasteiger partial charge in [-0.25, -0.2) is 18.4 Å². The number of ether oxygens (including phenoxy) is 1. The van der Waals surface area contributed by atoms with Gasteiger partial charge in [-0.15, -0.1) is 0 Å². The standard InChI is InChI=1S/C20H35N5O4S/c1-6-7-10-16(14-24-19(26)29-20(2,3)4)25-18(22-5)23-13-15-9-8-11-17(12-15)30(21,27)28/h8-9,11-12,16H,6-7,10,13-14H2,1-5H3,(H,24,26)(H2,21,27,28)(H2,22,23,25). The number of aliphatic imine (C=N–C) groups is 1. The number of unbranched alkanes of at least 4 members (excludes halogenated alkanes) is 1. The van der Waals surface area contributed by atoms with Crippen LogP contribution in [0.5, 0.6) is 0 Å². The van der Waals surface area contributed by atoms with Crippen LogP contribution in [-0.2, 0) is 21.3 Å². The van der Waals surface area contributed by atoms with Crippen LogP contribution >= 0.6 is 0 Å². The summed E-state index contributed by atoms with van der Waals surface area (Å²) in [5, 5.41) is 14.4. The summed E-state index contributed by atoms with van der Waals surface area (Å²) in [6.07, 6.45) is 2.39. The van der Waals surface area contributed by atoms with Crippen LogP contribution in [0.3, 0.4) is 0 Å². The van der Waals surface area contributed by atoms with E-state index in [1.165, 1.54) is 12.1 Å². The molecule has 5 N–H and O–H groups in total. The van der Waals surface area contributed by atoms with Crippen molar-refractivity contribution in [3.63, 3.8) is 0 Å². The number of guanidine groups is 1. The highest BCUT2D eigenvalue weighted by Gasteiger charge is 2.18. The topological polar surface area (TPSA) is 135 Å². The number of nitrogens with zero attached hydrogens (tertiary/aromatic N) is 1. The fraction of sp³-hybridized carbons (Fsp3) is 0.600. The van der Waals surface area contributed by atoms with Crippen molar-refractivity contribution in [3.8, 4) is 0 Å². The lowest BCUT2D eigenvalue weighted by Crippen LogP contribution is -2.48. The first-order valence-corrected chi connectivity index (χ1v) is 11.5. The maximum atomic E-state index is 11.9. The molecule has 1 rings (SSSR count). The second kappa shape index (κ2) is 11.8. The largest absolute Gasteiger partial charge is 0.444 e. The zero-order valence-corrected chi connectivity index (χ0v) is 19.3. The van der Waals surface area contributed by atoms with Crippen LogP contribution in [0.2, 0.25) is 0 Å². The number of alkyl carbamates (subject to hydrolysis) is 1. The van der Waals surface area contributed by atoms with E-state index in [1.54, 1.807) is 19.2 Å². The molecule has 0 fully saturated rings. The Hall–Kier alpha value is -2.33. The Morgan fingerprint density at radius 3 is 2.53 bits per heavy atom. The quantitative estimate of drug-likeness (QED) is 0.342. The molecule has 0 saturated carbocycles. The van der Waals surface area contributed by atoms with E-state index in [4.69, 9.17) is 9.88 Å². The van der Waals surface area contributed by atoms with Gasteiger partial charge in [0.25, 0.3) is 0 Å². The molecule has 0 aliphatic heterocycles. The minimum atomic E-state index is -3.75. The van der Waals surface area contributed by atoms with Crippen molar-refractivity contribution in [2.75, 3.05) is 13.6 Å². The number of rotatable bonds is 9. The molecule has 0 bridgehead atoms. The van der Waals surface area contributed by atoms with E-state index in [0.717, 1.165) is 24.8 Å². The molecule has 0 aliphatic rings. The minimum absolute atomic E-state index is 0.0422. The van der Waals surface area contributed by atoms with Crippen LogP contribution in [0, 0.1) is 0 Å². The van der Waals surface area contributed by atoms with E-state index in [1.807, 2.05) is 20.8 Å². The number of benzene rings is 1. The molecule has 170 valence electrons. The predicted octanol–water partition coefficient (Wildman–Crippen LogP) is 2.08. The first-order valence-electron chi connectivity index (χ1n) is 10.0. The number of nitrogens with two attached hydrogens (primary N) is 1. The Labute approximate surface area is 179 Å².